The number of rotatable bonds is 4. The first-order chi connectivity index (χ1) is 7.77. The Morgan fingerprint density at radius 1 is 1.44 bits per heavy atom. The first kappa shape index (κ1) is 12.2. The van der Waals surface area contributed by atoms with Crippen molar-refractivity contribution in [3.05, 3.63) is 29.0 Å². The maximum atomic E-state index is 6.22. The van der Waals surface area contributed by atoms with Gasteiger partial charge in [0.05, 0.1) is 5.02 Å². The van der Waals surface area contributed by atoms with E-state index >= 15 is 0 Å². The summed E-state index contributed by atoms with van der Waals surface area (Å²) in [4.78, 5) is 3.96. The Labute approximate surface area is 106 Å². The van der Waals surface area contributed by atoms with Crippen LogP contribution in [0.2, 0.25) is 5.02 Å². The van der Waals surface area contributed by atoms with Crippen LogP contribution in [0.25, 0.3) is 0 Å². The molecule has 2 nitrogen and oxygen atoms in total. The summed E-state index contributed by atoms with van der Waals surface area (Å²) in [6.45, 7) is 1.77. The van der Waals surface area contributed by atoms with Gasteiger partial charge in [0, 0.05) is 24.3 Å². The second-order valence-electron chi connectivity index (χ2n) is 4.30. The largest absolute Gasteiger partial charge is 0.312 e. The van der Waals surface area contributed by atoms with Crippen LogP contribution in [0.1, 0.15) is 24.8 Å². The highest BCUT2D eigenvalue weighted by molar-refractivity contribution is 6.31. The Bertz CT molecular complexity index is 344. The van der Waals surface area contributed by atoms with Gasteiger partial charge in [-0.1, -0.05) is 18.0 Å². The Kier molecular flexibility index (Phi) is 4.45. The van der Waals surface area contributed by atoms with E-state index in [4.69, 9.17) is 23.2 Å². The second kappa shape index (κ2) is 5.85. The molecule has 1 saturated carbocycles. The van der Waals surface area contributed by atoms with Gasteiger partial charge in [0.1, 0.15) is 0 Å². The Hall–Kier alpha value is -0.310. The summed E-state index contributed by atoms with van der Waals surface area (Å²) in [5.74, 6) is 0.613. The van der Waals surface area contributed by atoms with Gasteiger partial charge in [-0.2, -0.15) is 0 Å². The van der Waals surface area contributed by atoms with E-state index in [1.807, 2.05) is 6.07 Å². The minimum Gasteiger partial charge on any atom is -0.312 e. The fraction of sp³-hybridized carbons (Fsp3) is 0.583. The molecule has 2 rings (SSSR count). The van der Waals surface area contributed by atoms with Crippen molar-refractivity contribution in [2.45, 2.75) is 31.2 Å². The molecule has 1 N–H and O–H groups in total. The molecular weight excluding hydrogens is 243 g/mol. The van der Waals surface area contributed by atoms with Crippen molar-refractivity contribution in [1.82, 2.24) is 10.3 Å². The molecule has 0 spiro atoms. The van der Waals surface area contributed by atoms with Crippen LogP contribution in [0.3, 0.4) is 0 Å². The molecule has 2 unspecified atom stereocenters. The SMILES string of the molecule is Clc1cnccc1CNCC1CCCC1Cl. The number of halogens is 2. The fourth-order valence-electron chi connectivity index (χ4n) is 2.16. The molecule has 1 heterocycles. The van der Waals surface area contributed by atoms with Gasteiger partial charge in [-0.3, -0.25) is 4.98 Å². The minimum absolute atomic E-state index is 0.348. The summed E-state index contributed by atoms with van der Waals surface area (Å²) >= 11 is 12.2. The van der Waals surface area contributed by atoms with Crippen molar-refractivity contribution >= 4 is 23.2 Å². The van der Waals surface area contributed by atoms with Crippen LogP contribution in [-0.4, -0.2) is 16.9 Å². The molecule has 1 fully saturated rings. The predicted molar refractivity (Wildman–Crippen MR) is 67.9 cm³/mol. The van der Waals surface area contributed by atoms with E-state index < -0.39 is 0 Å². The average Bonchev–Trinajstić information content (AvgIpc) is 2.67. The third-order valence-corrected chi connectivity index (χ3v) is 4.06. The molecule has 0 saturated heterocycles. The van der Waals surface area contributed by atoms with E-state index in [2.05, 4.69) is 10.3 Å². The molecule has 1 aliphatic carbocycles. The number of nitrogens with one attached hydrogen (secondary N) is 1. The number of nitrogens with zero attached hydrogens (tertiary/aromatic N) is 1. The summed E-state index contributed by atoms with van der Waals surface area (Å²) in [7, 11) is 0. The Morgan fingerprint density at radius 2 is 2.31 bits per heavy atom. The molecule has 1 aliphatic rings. The molecule has 0 radical (unpaired) electrons. The van der Waals surface area contributed by atoms with Gasteiger partial charge in [-0.05, 0) is 36.9 Å². The van der Waals surface area contributed by atoms with Gasteiger partial charge in [0.25, 0.3) is 0 Å². The minimum atomic E-state index is 0.348. The zero-order chi connectivity index (χ0) is 11.4. The molecule has 2 atom stereocenters. The first-order valence-corrected chi connectivity index (χ1v) is 6.52. The third kappa shape index (κ3) is 3.09. The molecule has 0 bridgehead atoms. The molecule has 1 aromatic heterocycles. The zero-order valence-electron chi connectivity index (χ0n) is 9.13. The number of alkyl halides is 1. The van der Waals surface area contributed by atoms with Crippen molar-refractivity contribution in [3.8, 4) is 0 Å². The molecule has 16 heavy (non-hydrogen) atoms. The lowest BCUT2D eigenvalue weighted by Crippen LogP contribution is -2.25. The van der Waals surface area contributed by atoms with Crippen LogP contribution in [0.5, 0.6) is 0 Å². The van der Waals surface area contributed by atoms with Gasteiger partial charge < -0.3 is 5.32 Å². The van der Waals surface area contributed by atoms with Crippen LogP contribution in [0.4, 0.5) is 0 Å². The lowest BCUT2D eigenvalue weighted by Gasteiger charge is -2.14. The third-order valence-electron chi connectivity index (χ3n) is 3.14. The van der Waals surface area contributed by atoms with Crippen molar-refractivity contribution in [3.63, 3.8) is 0 Å². The lowest BCUT2D eigenvalue weighted by molar-refractivity contribution is 0.494. The molecule has 4 heteroatoms. The molecular formula is C12H16Cl2N2. The highest BCUT2D eigenvalue weighted by Gasteiger charge is 2.24. The highest BCUT2D eigenvalue weighted by atomic mass is 35.5. The summed E-state index contributed by atoms with van der Waals surface area (Å²) in [5.41, 5.74) is 1.10. The van der Waals surface area contributed by atoms with Gasteiger partial charge >= 0.3 is 0 Å². The number of hydrogen-bond donors (Lipinski definition) is 1. The Morgan fingerprint density at radius 3 is 3.00 bits per heavy atom. The summed E-state index contributed by atoms with van der Waals surface area (Å²) < 4.78 is 0. The second-order valence-corrected chi connectivity index (χ2v) is 5.27. The standard InChI is InChI=1S/C12H16Cl2N2/c13-11-3-1-2-9(11)6-16-7-10-4-5-15-8-12(10)14/h4-5,8-9,11,16H,1-3,6-7H2. The fourth-order valence-corrected chi connectivity index (χ4v) is 2.72. The number of aromatic nitrogens is 1. The molecule has 0 aliphatic heterocycles. The summed E-state index contributed by atoms with van der Waals surface area (Å²) in [5, 5.41) is 4.49. The summed E-state index contributed by atoms with van der Waals surface area (Å²) in [6.07, 6.45) is 7.10. The maximum Gasteiger partial charge on any atom is 0.0634 e. The highest BCUT2D eigenvalue weighted by Crippen LogP contribution is 2.29. The van der Waals surface area contributed by atoms with Crippen molar-refractivity contribution < 1.29 is 0 Å². The summed E-state index contributed by atoms with van der Waals surface area (Å²) in [6, 6.07) is 1.95. The van der Waals surface area contributed by atoms with Gasteiger partial charge in [-0.25, -0.2) is 0 Å². The maximum absolute atomic E-state index is 6.22. The number of hydrogen-bond acceptors (Lipinski definition) is 2. The van der Waals surface area contributed by atoms with Crippen LogP contribution in [-0.2, 0) is 6.54 Å². The van der Waals surface area contributed by atoms with Crippen molar-refractivity contribution in [2.75, 3.05) is 6.54 Å². The van der Waals surface area contributed by atoms with E-state index in [0.717, 1.165) is 30.1 Å². The molecule has 1 aromatic rings. The Balaban J connectivity index is 1.78. The zero-order valence-corrected chi connectivity index (χ0v) is 10.6. The molecule has 0 aromatic carbocycles. The molecule has 0 amide bonds. The smallest absolute Gasteiger partial charge is 0.0634 e. The molecule has 88 valence electrons. The lowest BCUT2D eigenvalue weighted by atomic mass is 10.1. The predicted octanol–water partition coefficient (Wildman–Crippen LogP) is 3.23. The van der Waals surface area contributed by atoms with E-state index in [0.29, 0.717) is 11.3 Å². The number of pyridine rings is 1. The topological polar surface area (TPSA) is 24.9 Å². The monoisotopic (exact) mass is 258 g/mol. The quantitative estimate of drug-likeness (QED) is 0.840. The normalized spacial score (nSPS) is 24.9. The van der Waals surface area contributed by atoms with Gasteiger partial charge in [-0.15, -0.1) is 11.6 Å². The van der Waals surface area contributed by atoms with Crippen LogP contribution < -0.4 is 5.32 Å². The van der Waals surface area contributed by atoms with Crippen molar-refractivity contribution in [1.29, 1.82) is 0 Å². The van der Waals surface area contributed by atoms with E-state index in [-0.39, 0.29) is 0 Å². The van der Waals surface area contributed by atoms with E-state index in [9.17, 15) is 0 Å². The average molecular weight is 259 g/mol. The van der Waals surface area contributed by atoms with Crippen LogP contribution in [0, 0.1) is 5.92 Å². The van der Waals surface area contributed by atoms with E-state index in [1.165, 1.54) is 12.8 Å². The first-order valence-electron chi connectivity index (χ1n) is 5.70. The van der Waals surface area contributed by atoms with Gasteiger partial charge in [0.2, 0.25) is 0 Å². The van der Waals surface area contributed by atoms with Crippen molar-refractivity contribution in [2.24, 2.45) is 5.92 Å². The van der Waals surface area contributed by atoms with Crippen LogP contribution >= 0.6 is 23.2 Å². The van der Waals surface area contributed by atoms with E-state index in [1.54, 1.807) is 12.4 Å². The van der Waals surface area contributed by atoms with Crippen LogP contribution in [0.15, 0.2) is 18.5 Å². The van der Waals surface area contributed by atoms with Gasteiger partial charge in [0.15, 0.2) is 0 Å².